The highest BCUT2D eigenvalue weighted by Crippen LogP contribution is 2.25. The van der Waals surface area contributed by atoms with Gasteiger partial charge in [-0.1, -0.05) is 163 Å². The Morgan fingerprint density at radius 3 is 1.54 bits per heavy atom. The number of hydrogen-bond acceptors (Lipinski definition) is 8. The molecule has 1 fully saturated rings. The molecule has 48 heavy (non-hydrogen) atoms. The van der Waals surface area contributed by atoms with Crippen molar-refractivity contribution < 1.29 is 39.4 Å². The van der Waals surface area contributed by atoms with Crippen molar-refractivity contribution in [1.29, 1.82) is 0 Å². The molecule has 0 bridgehead atoms. The molecule has 7 atom stereocenters. The normalized spacial score (nSPS) is 22.4. The van der Waals surface area contributed by atoms with Crippen LogP contribution >= 0.6 is 0 Å². The second-order valence-corrected chi connectivity index (χ2v) is 15.3. The quantitative estimate of drug-likeness (QED) is 0.0401. The van der Waals surface area contributed by atoms with Crippen LogP contribution in [0.4, 0.5) is 0 Å². The van der Waals surface area contributed by atoms with Gasteiger partial charge in [0.05, 0.1) is 13.2 Å². The van der Waals surface area contributed by atoms with Crippen molar-refractivity contribution in [3.05, 3.63) is 0 Å². The van der Waals surface area contributed by atoms with E-state index in [1.54, 1.807) is 0 Å². The van der Waals surface area contributed by atoms with Gasteiger partial charge in [-0.15, -0.1) is 0 Å². The third-order valence-corrected chi connectivity index (χ3v) is 10.00. The van der Waals surface area contributed by atoms with Gasteiger partial charge in [0.2, 0.25) is 0 Å². The number of carbonyl (C=O) groups excluding carboxylic acids is 1. The number of rotatable bonds is 33. The van der Waals surface area contributed by atoms with E-state index in [0.29, 0.717) is 13.0 Å². The molecule has 0 amide bonds. The SMILES string of the molecule is CCCCCC[C@H](C)CCCCCCCCCOC[C@@H](COC1[C@@H](O)[C@H](O)[C@H](O)[C@H]1O)OC(=O)CCCCCCCCCCCC(C)C. The summed E-state index contributed by atoms with van der Waals surface area (Å²) in [4.78, 5) is 12.6. The Bertz CT molecular complexity index is 720. The first-order chi connectivity index (χ1) is 23.2. The zero-order valence-electron chi connectivity index (χ0n) is 31.6. The molecule has 1 saturated carbocycles. The molecule has 8 nitrogen and oxygen atoms in total. The lowest BCUT2D eigenvalue weighted by molar-refractivity contribution is -0.163. The molecule has 8 heteroatoms. The van der Waals surface area contributed by atoms with E-state index >= 15 is 0 Å². The van der Waals surface area contributed by atoms with Crippen LogP contribution in [0.1, 0.15) is 182 Å². The van der Waals surface area contributed by atoms with Gasteiger partial charge in [-0.3, -0.25) is 4.79 Å². The summed E-state index contributed by atoms with van der Waals surface area (Å²) in [7, 11) is 0. The molecule has 0 aliphatic heterocycles. The molecule has 0 aromatic rings. The predicted octanol–water partition coefficient (Wildman–Crippen LogP) is 8.43. The number of hydrogen-bond donors (Lipinski definition) is 4. The van der Waals surface area contributed by atoms with E-state index in [1.165, 1.54) is 116 Å². The highest BCUT2D eigenvalue weighted by Gasteiger charge is 2.49. The van der Waals surface area contributed by atoms with Crippen LogP contribution in [0.25, 0.3) is 0 Å². The van der Waals surface area contributed by atoms with Crippen molar-refractivity contribution in [3.63, 3.8) is 0 Å². The average molecular weight is 687 g/mol. The zero-order chi connectivity index (χ0) is 35.4. The minimum Gasteiger partial charge on any atom is -0.457 e. The molecular formula is C40H78O8. The Hall–Kier alpha value is -0.770. The monoisotopic (exact) mass is 687 g/mol. The first kappa shape index (κ1) is 45.3. The minimum atomic E-state index is -1.49. The van der Waals surface area contributed by atoms with Gasteiger partial charge in [0, 0.05) is 13.0 Å². The van der Waals surface area contributed by atoms with E-state index in [9.17, 15) is 25.2 Å². The first-order valence-corrected chi connectivity index (χ1v) is 20.3. The topological polar surface area (TPSA) is 126 Å². The third kappa shape index (κ3) is 22.8. The molecule has 0 spiro atoms. The maximum atomic E-state index is 12.6. The van der Waals surface area contributed by atoms with E-state index in [4.69, 9.17) is 14.2 Å². The maximum absolute atomic E-state index is 12.6. The molecule has 1 aliphatic rings. The Morgan fingerprint density at radius 2 is 1.02 bits per heavy atom. The molecule has 0 radical (unpaired) electrons. The maximum Gasteiger partial charge on any atom is 0.306 e. The van der Waals surface area contributed by atoms with Crippen molar-refractivity contribution in [2.75, 3.05) is 19.8 Å². The van der Waals surface area contributed by atoms with Gasteiger partial charge in [-0.05, 0) is 24.7 Å². The van der Waals surface area contributed by atoms with Crippen LogP contribution in [0.15, 0.2) is 0 Å². The van der Waals surface area contributed by atoms with Gasteiger partial charge in [-0.25, -0.2) is 0 Å². The molecule has 0 heterocycles. The van der Waals surface area contributed by atoms with Gasteiger partial charge in [-0.2, -0.15) is 0 Å². The molecule has 0 aromatic carbocycles. The number of unbranched alkanes of at least 4 members (excludes halogenated alkanes) is 17. The highest BCUT2D eigenvalue weighted by molar-refractivity contribution is 5.69. The van der Waals surface area contributed by atoms with Crippen molar-refractivity contribution >= 4 is 5.97 Å². The fourth-order valence-corrected chi connectivity index (χ4v) is 6.69. The van der Waals surface area contributed by atoms with Crippen molar-refractivity contribution in [3.8, 4) is 0 Å². The van der Waals surface area contributed by atoms with Crippen LogP contribution in [0, 0.1) is 11.8 Å². The molecule has 1 aliphatic carbocycles. The standard InChI is InChI=1S/C40H78O8/c1-5-6-7-21-26-33(4)27-22-17-13-11-15-19-24-29-46-30-34(31-47-40-38(44)36(42)37(43)39(40)45)48-35(41)28-23-18-14-10-8-9-12-16-20-25-32(2)3/h32-34,36-40,42-45H,5-31H2,1-4H3/t33-,34-,36-,37+,38+,39-,40?/m0/s1. The number of aliphatic hydroxyl groups is 4. The van der Waals surface area contributed by atoms with Crippen LogP contribution < -0.4 is 0 Å². The van der Waals surface area contributed by atoms with Crippen LogP contribution in [0.2, 0.25) is 0 Å². The predicted molar refractivity (Wildman–Crippen MR) is 195 cm³/mol. The Morgan fingerprint density at radius 1 is 0.562 bits per heavy atom. The summed E-state index contributed by atoms with van der Waals surface area (Å²) in [5, 5.41) is 40.1. The van der Waals surface area contributed by atoms with Crippen LogP contribution in [0.5, 0.6) is 0 Å². The Labute approximate surface area is 295 Å². The average Bonchev–Trinajstić information content (AvgIpc) is 3.24. The molecular weight excluding hydrogens is 608 g/mol. The van der Waals surface area contributed by atoms with E-state index in [0.717, 1.165) is 43.9 Å². The van der Waals surface area contributed by atoms with Gasteiger partial charge in [0.15, 0.2) is 0 Å². The van der Waals surface area contributed by atoms with E-state index in [2.05, 4.69) is 27.7 Å². The van der Waals surface area contributed by atoms with Gasteiger partial charge in [0.25, 0.3) is 0 Å². The van der Waals surface area contributed by atoms with Crippen LogP contribution in [-0.2, 0) is 19.0 Å². The van der Waals surface area contributed by atoms with Crippen LogP contribution in [-0.4, -0.2) is 82.8 Å². The van der Waals surface area contributed by atoms with Gasteiger partial charge < -0.3 is 34.6 Å². The van der Waals surface area contributed by atoms with E-state index in [1.807, 2.05) is 0 Å². The summed E-state index contributed by atoms with van der Waals surface area (Å²) >= 11 is 0. The smallest absolute Gasteiger partial charge is 0.306 e. The summed E-state index contributed by atoms with van der Waals surface area (Å²) in [5.74, 6) is 1.34. The van der Waals surface area contributed by atoms with Crippen molar-refractivity contribution in [1.82, 2.24) is 0 Å². The summed E-state index contributed by atoms with van der Waals surface area (Å²) in [5.41, 5.74) is 0. The van der Waals surface area contributed by atoms with E-state index in [-0.39, 0.29) is 19.2 Å². The summed E-state index contributed by atoms with van der Waals surface area (Å²) in [6.45, 7) is 9.85. The largest absolute Gasteiger partial charge is 0.457 e. The van der Waals surface area contributed by atoms with Gasteiger partial charge in [0.1, 0.15) is 36.6 Å². The Balaban J connectivity index is 2.24. The Kier molecular flexibility index (Phi) is 28.2. The van der Waals surface area contributed by atoms with Gasteiger partial charge >= 0.3 is 5.97 Å². The molecule has 1 rings (SSSR count). The minimum absolute atomic E-state index is 0.0987. The number of aliphatic hydroxyl groups excluding tert-OH is 4. The third-order valence-electron chi connectivity index (χ3n) is 10.00. The summed E-state index contributed by atoms with van der Waals surface area (Å²) < 4.78 is 17.2. The lowest BCUT2D eigenvalue weighted by atomic mass is 9.96. The zero-order valence-corrected chi connectivity index (χ0v) is 31.6. The summed E-state index contributed by atoms with van der Waals surface area (Å²) in [6.07, 6.45) is 21.2. The van der Waals surface area contributed by atoms with Crippen LogP contribution in [0.3, 0.4) is 0 Å². The fraction of sp³-hybridized carbons (Fsp3) is 0.975. The van der Waals surface area contributed by atoms with E-state index < -0.39 is 36.6 Å². The molecule has 4 N–H and O–H groups in total. The molecule has 0 saturated heterocycles. The van der Waals surface area contributed by atoms with Crippen molar-refractivity contribution in [2.24, 2.45) is 11.8 Å². The lowest BCUT2D eigenvalue weighted by Crippen LogP contribution is -2.39. The summed E-state index contributed by atoms with van der Waals surface area (Å²) in [6, 6.07) is 0. The first-order valence-electron chi connectivity index (χ1n) is 20.3. The number of esters is 1. The second kappa shape index (κ2) is 29.9. The highest BCUT2D eigenvalue weighted by atomic mass is 16.6. The lowest BCUT2D eigenvalue weighted by Gasteiger charge is -2.24. The fourth-order valence-electron chi connectivity index (χ4n) is 6.69. The number of carbonyl (C=O) groups is 1. The second-order valence-electron chi connectivity index (χ2n) is 15.3. The molecule has 286 valence electrons. The number of ether oxygens (including phenoxy) is 3. The molecule has 0 aromatic heterocycles. The van der Waals surface area contributed by atoms with Crippen molar-refractivity contribution in [2.45, 2.75) is 218 Å². The molecule has 1 unspecified atom stereocenters.